The smallest absolute Gasteiger partial charge is 0.334 e. The van der Waals surface area contributed by atoms with E-state index in [0.29, 0.717) is 23.4 Å². The summed E-state index contributed by atoms with van der Waals surface area (Å²) in [6.45, 7) is 26.5. The predicted molar refractivity (Wildman–Crippen MR) is 155 cm³/mol. The summed E-state index contributed by atoms with van der Waals surface area (Å²) >= 11 is 6.33. The molecule has 0 aromatic carbocycles. The van der Waals surface area contributed by atoms with E-state index in [0.717, 1.165) is 0 Å². The Hall–Kier alpha value is -1.12. The molecule has 1 aliphatic rings. The largest absolute Gasteiger partial charge is 0.414 e. The molecular formula is C26H46ClN3O5Si2. The minimum Gasteiger partial charge on any atom is -0.414 e. The molecular weight excluding hydrogens is 526 g/mol. The first-order valence-corrected chi connectivity index (χ1v) is 17.4. The fourth-order valence-corrected chi connectivity index (χ4v) is 15.1. The molecule has 3 atom stereocenters. The molecule has 0 saturated carbocycles. The standard InChI is InChI=1S/C26H46ClN3O5Si2/c1-12-30(25-23(16(2)3)24(27)28-15-29-25)26-22(31)13-21(34-26)14-33-37(19(8)9,20(10)11)35-36(32,17(4)5)18(6)7/h12,15,17-22,26,31-32H,1-2,13-14H2,3-11H3/t21?,22-,26-/m1/s1. The zero-order chi connectivity index (χ0) is 28.3. The summed E-state index contributed by atoms with van der Waals surface area (Å²) in [7, 11) is -5.96. The molecule has 0 bridgehead atoms. The van der Waals surface area contributed by atoms with Crippen LogP contribution in [-0.4, -0.2) is 62.0 Å². The van der Waals surface area contributed by atoms with Crippen LogP contribution in [0.25, 0.3) is 5.57 Å². The van der Waals surface area contributed by atoms with Gasteiger partial charge in [0.2, 0.25) is 0 Å². The van der Waals surface area contributed by atoms with E-state index in [1.807, 2.05) is 34.6 Å². The molecule has 1 aliphatic heterocycles. The molecule has 0 amide bonds. The Morgan fingerprint density at radius 2 is 1.73 bits per heavy atom. The molecule has 8 nitrogen and oxygen atoms in total. The molecule has 2 heterocycles. The second-order valence-electron chi connectivity index (χ2n) is 11.2. The van der Waals surface area contributed by atoms with Crippen LogP contribution in [0, 0.1) is 0 Å². The fraction of sp³-hybridized carbons (Fsp3) is 0.692. The van der Waals surface area contributed by atoms with Crippen molar-refractivity contribution in [3.63, 3.8) is 0 Å². The minimum absolute atomic E-state index is 0.0257. The summed E-state index contributed by atoms with van der Waals surface area (Å²) < 4.78 is 19.8. The third-order valence-corrected chi connectivity index (χ3v) is 17.2. The number of aromatic nitrogens is 2. The van der Waals surface area contributed by atoms with Crippen LogP contribution in [0.5, 0.6) is 0 Å². The highest BCUT2D eigenvalue weighted by Crippen LogP contribution is 2.43. The van der Waals surface area contributed by atoms with Gasteiger partial charge in [-0.2, -0.15) is 0 Å². The van der Waals surface area contributed by atoms with Gasteiger partial charge in [0.1, 0.15) is 23.4 Å². The molecule has 1 fully saturated rings. The summed E-state index contributed by atoms with van der Waals surface area (Å²) in [5, 5.41) is 11.2. The van der Waals surface area contributed by atoms with Gasteiger partial charge in [0, 0.05) is 12.6 Å². The van der Waals surface area contributed by atoms with Crippen molar-refractivity contribution in [2.75, 3.05) is 11.5 Å². The van der Waals surface area contributed by atoms with Gasteiger partial charge in [0.25, 0.3) is 0 Å². The molecule has 210 valence electrons. The molecule has 1 aromatic rings. The number of anilines is 1. The summed E-state index contributed by atoms with van der Waals surface area (Å²) in [5.74, 6) is 0.467. The van der Waals surface area contributed by atoms with E-state index in [-0.39, 0.29) is 40.0 Å². The van der Waals surface area contributed by atoms with Crippen LogP contribution < -0.4 is 4.90 Å². The SMILES string of the molecule is C=CN(c1ncnc(Cl)c1C(=C)C)[C@@H]1OC(CO[Si](O[Si](O)(C(C)C)C(C)C)(C(C)C)C(C)C)C[C@H]1O. The lowest BCUT2D eigenvalue weighted by atomic mass is 10.1. The van der Waals surface area contributed by atoms with Crippen LogP contribution >= 0.6 is 11.6 Å². The van der Waals surface area contributed by atoms with Crippen molar-refractivity contribution in [3.8, 4) is 0 Å². The zero-order valence-corrected chi connectivity index (χ0v) is 26.6. The predicted octanol–water partition coefficient (Wildman–Crippen LogP) is 6.14. The van der Waals surface area contributed by atoms with Crippen LogP contribution in [0.15, 0.2) is 25.7 Å². The first-order chi connectivity index (χ1) is 17.1. The second-order valence-corrected chi connectivity index (χ2v) is 20.2. The second kappa shape index (κ2) is 12.8. The first kappa shape index (κ1) is 32.1. The van der Waals surface area contributed by atoms with Crippen molar-refractivity contribution in [3.05, 3.63) is 36.4 Å². The van der Waals surface area contributed by atoms with Gasteiger partial charge in [0.15, 0.2) is 6.23 Å². The Morgan fingerprint density at radius 3 is 2.19 bits per heavy atom. The Bertz CT molecular complexity index is 931. The average molecular weight is 572 g/mol. The molecule has 1 aromatic heterocycles. The lowest BCUT2D eigenvalue weighted by Crippen LogP contribution is -2.60. The van der Waals surface area contributed by atoms with Crippen molar-refractivity contribution < 1.29 is 23.2 Å². The van der Waals surface area contributed by atoms with Crippen LogP contribution in [0.1, 0.15) is 74.3 Å². The van der Waals surface area contributed by atoms with Gasteiger partial charge in [-0.3, -0.25) is 0 Å². The number of ether oxygens (including phenoxy) is 1. The fourth-order valence-electron chi connectivity index (χ4n) is 4.96. The van der Waals surface area contributed by atoms with E-state index in [1.54, 1.807) is 11.1 Å². The van der Waals surface area contributed by atoms with Crippen LogP contribution in [0.3, 0.4) is 0 Å². The number of aliphatic hydroxyl groups excluding tert-OH is 1. The van der Waals surface area contributed by atoms with Gasteiger partial charge >= 0.3 is 17.1 Å². The first-order valence-electron chi connectivity index (χ1n) is 13.1. The maximum atomic E-state index is 11.7. The highest BCUT2D eigenvalue weighted by atomic mass is 35.5. The number of nitrogens with zero attached hydrogens (tertiary/aromatic N) is 3. The number of hydrogen-bond donors (Lipinski definition) is 2. The summed E-state index contributed by atoms with van der Waals surface area (Å²) in [6, 6.07) is 0. The van der Waals surface area contributed by atoms with E-state index >= 15 is 0 Å². The van der Waals surface area contributed by atoms with Crippen molar-refractivity contribution in [2.45, 2.75) is 109 Å². The Morgan fingerprint density at radius 1 is 1.16 bits per heavy atom. The Labute approximate surface area is 230 Å². The van der Waals surface area contributed by atoms with E-state index in [4.69, 9.17) is 24.9 Å². The normalized spacial score (nSPS) is 20.9. The zero-order valence-electron chi connectivity index (χ0n) is 23.9. The highest BCUT2D eigenvalue weighted by Gasteiger charge is 2.55. The molecule has 1 unspecified atom stereocenters. The van der Waals surface area contributed by atoms with E-state index in [2.05, 4.69) is 50.8 Å². The maximum absolute atomic E-state index is 11.7. The van der Waals surface area contributed by atoms with Crippen molar-refractivity contribution in [2.24, 2.45) is 0 Å². The molecule has 1 saturated heterocycles. The number of allylic oxidation sites excluding steroid dienone is 1. The highest BCUT2D eigenvalue weighted by molar-refractivity contribution is 6.83. The van der Waals surface area contributed by atoms with E-state index < -0.39 is 29.5 Å². The maximum Gasteiger partial charge on any atom is 0.334 e. The van der Waals surface area contributed by atoms with Gasteiger partial charge in [-0.25, -0.2) is 9.97 Å². The van der Waals surface area contributed by atoms with Crippen molar-refractivity contribution in [1.29, 1.82) is 0 Å². The van der Waals surface area contributed by atoms with Crippen LogP contribution in [-0.2, 0) is 13.3 Å². The molecule has 0 aliphatic carbocycles. The van der Waals surface area contributed by atoms with Crippen molar-refractivity contribution >= 4 is 40.1 Å². The number of hydrogen-bond acceptors (Lipinski definition) is 8. The third-order valence-electron chi connectivity index (χ3n) is 7.17. The number of halogens is 1. The molecule has 0 radical (unpaired) electrons. The van der Waals surface area contributed by atoms with Gasteiger partial charge in [-0.05, 0) is 34.7 Å². The summed E-state index contributed by atoms with van der Waals surface area (Å²) in [4.78, 5) is 21.8. The summed E-state index contributed by atoms with van der Waals surface area (Å²) in [5.41, 5.74) is 1.53. The molecule has 11 heteroatoms. The van der Waals surface area contributed by atoms with Crippen LogP contribution in [0.4, 0.5) is 5.82 Å². The number of aliphatic hydroxyl groups is 1. The van der Waals surface area contributed by atoms with Crippen molar-refractivity contribution in [1.82, 2.24) is 9.97 Å². The van der Waals surface area contributed by atoms with Crippen LogP contribution in [0.2, 0.25) is 27.3 Å². The Balaban J connectivity index is 2.30. The third kappa shape index (κ3) is 6.73. The minimum atomic E-state index is -3.07. The lowest BCUT2D eigenvalue weighted by molar-refractivity contribution is -0.00834. The molecule has 2 N–H and O–H groups in total. The number of rotatable bonds is 13. The van der Waals surface area contributed by atoms with Gasteiger partial charge in [0.05, 0.1) is 18.3 Å². The van der Waals surface area contributed by atoms with Gasteiger partial charge in [-0.15, -0.1) is 0 Å². The quantitative estimate of drug-likeness (QED) is 0.215. The summed E-state index contributed by atoms with van der Waals surface area (Å²) in [6.07, 6.45) is 1.36. The molecule has 2 rings (SSSR count). The Kier molecular flexibility index (Phi) is 11.1. The topological polar surface area (TPSA) is 97.2 Å². The van der Waals surface area contributed by atoms with Gasteiger partial charge < -0.3 is 28.1 Å². The molecule has 0 spiro atoms. The molecule has 37 heavy (non-hydrogen) atoms. The van der Waals surface area contributed by atoms with Gasteiger partial charge in [-0.1, -0.05) is 80.1 Å². The average Bonchev–Trinajstić information content (AvgIpc) is 3.16. The lowest BCUT2D eigenvalue weighted by Gasteiger charge is -2.46. The van der Waals surface area contributed by atoms with E-state index in [9.17, 15) is 9.90 Å². The monoisotopic (exact) mass is 571 g/mol. The van der Waals surface area contributed by atoms with E-state index in [1.165, 1.54) is 6.33 Å².